The summed E-state index contributed by atoms with van der Waals surface area (Å²) in [5.41, 5.74) is 1.12. The highest BCUT2D eigenvalue weighted by Crippen LogP contribution is 2.11. The predicted molar refractivity (Wildman–Crippen MR) is 82.2 cm³/mol. The van der Waals surface area contributed by atoms with E-state index in [1.54, 1.807) is 7.11 Å². The number of ether oxygens (including phenoxy) is 1. The zero-order chi connectivity index (χ0) is 15.8. The van der Waals surface area contributed by atoms with Crippen molar-refractivity contribution in [3.05, 3.63) is 29.8 Å². The second-order valence-corrected chi connectivity index (χ2v) is 5.31. The van der Waals surface area contributed by atoms with Gasteiger partial charge in [-0.1, -0.05) is 26.0 Å². The summed E-state index contributed by atoms with van der Waals surface area (Å²) in [6.45, 7) is 5.77. The van der Waals surface area contributed by atoms with E-state index in [1.165, 1.54) is 6.92 Å². The molecule has 1 aromatic rings. The molecule has 0 radical (unpaired) electrons. The molecule has 0 bridgehead atoms. The summed E-state index contributed by atoms with van der Waals surface area (Å²) in [6.07, 6.45) is 0.737. The largest absolute Gasteiger partial charge is 0.497 e. The van der Waals surface area contributed by atoms with Crippen molar-refractivity contribution >= 4 is 11.8 Å². The minimum absolute atomic E-state index is 0.0508. The minimum Gasteiger partial charge on any atom is -0.497 e. The first-order valence-electron chi connectivity index (χ1n) is 7.11. The van der Waals surface area contributed by atoms with Gasteiger partial charge in [-0.2, -0.15) is 0 Å². The van der Waals surface area contributed by atoms with Gasteiger partial charge in [0.15, 0.2) is 0 Å². The molecule has 21 heavy (non-hydrogen) atoms. The van der Waals surface area contributed by atoms with Crippen molar-refractivity contribution in [1.29, 1.82) is 0 Å². The van der Waals surface area contributed by atoms with Gasteiger partial charge < -0.3 is 15.4 Å². The molecule has 0 spiro atoms. The Morgan fingerprint density at radius 3 is 2.29 bits per heavy atom. The highest BCUT2D eigenvalue weighted by molar-refractivity contribution is 5.87. The van der Waals surface area contributed by atoms with Crippen LogP contribution in [0.3, 0.4) is 0 Å². The number of hydrogen-bond donors (Lipinski definition) is 2. The van der Waals surface area contributed by atoms with Crippen molar-refractivity contribution < 1.29 is 14.3 Å². The number of carbonyl (C=O) groups excluding carboxylic acids is 2. The highest BCUT2D eigenvalue weighted by Gasteiger charge is 2.22. The molecule has 2 N–H and O–H groups in total. The van der Waals surface area contributed by atoms with E-state index in [1.807, 2.05) is 38.1 Å². The summed E-state index contributed by atoms with van der Waals surface area (Å²) in [5, 5.41) is 5.54. The second-order valence-electron chi connectivity index (χ2n) is 5.31. The average molecular weight is 292 g/mol. The van der Waals surface area contributed by atoms with Gasteiger partial charge in [-0.05, 0) is 30.0 Å². The maximum Gasteiger partial charge on any atom is 0.242 e. The third-order valence-electron chi connectivity index (χ3n) is 3.18. The first kappa shape index (κ1) is 17.0. The van der Waals surface area contributed by atoms with Crippen molar-refractivity contribution in [3.8, 4) is 5.75 Å². The highest BCUT2D eigenvalue weighted by atomic mass is 16.5. The van der Waals surface area contributed by atoms with E-state index in [0.29, 0.717) is 6.54 Å². The fourth-order valence-corrected chi connectivity index (χ4v) is 1.99. The normalized spacial score (nSPS) is 11.9. The molecule has 2 amide bonds. The van der Waals surface area contributed by atoms with Gasteiger partial charge in [0.1, 0.15) is 11.8 Å². The standard InChI is InChI=1S/C16H24N2O3/c1-11(2)15(18-12(3)19)16(20)17-10-9-13-5-7-14(21-4)8-6-13/h5-8,11,15H,9-10H2,1-4H3,(H,17,20)(H,18,19). The third kappa shape index (κ3) is 5.85. The summed E-state index contributed by atoms with van der Waals surface area (Å²) in [6, 6.07) is 7.24. The van der Waals surface area contributed by atoms with Crippen molar-refractivity contribution in [3.63, 3.8) is 0 Å². The molecule has 5 heteroatoms. The quantitative estimate of drug-likeness (QED) is 0.800. The molecular formula is C16H24N2O3. The van der Waals surface area contributed by atoms with Crippen molar-refractivity contribution in [2.75, 3.05) is 13.7 Å². The van der Waals surface area contributed by atoms with Crippen LogP contribution in [0.25, 0.3) is 0 Å². The predicted octanol–water partition coefficient (Wildman–Crippen LogP) is 1.51. The molecule has 0 aliphatic carbocycles. The maximum absolute atomic E-state index is 12.1. The lowest BCUT2D eigenvalue weighted by Gasteiger charge is -2.20. The fraction of sp³-hybridized carbons (Fsp3) is 0.500. The Hall–Kier alpha value is -2.04. The average Bonchev–Trinajstić information content (AvgIpc) is 2.45. The molecule has 0 aromatic heterocycles. The van der Waals surface area contributed by atoms with E-state index < -0.39 is 6.04 Å². The molecule has 1 rings (SSSR count). The Balaban J connectivity index is 2.45. The fourth-order valence-electron chi connectivity index (χ4n) is 1.99. The summed E-state index contributed by atoms with van der Waals surface area (Å²) >= 11 is 0. The Kier molecular flexibility index (Phi) is 6.72. The van der Waals surface area contributed by atoms with Crippen molar-refractivity contribution in [1.82, 2.24) is 10.6 Å². The van der Waals surface area contributed by atoms with Crippen LogP contribution in [-0.4, -0.2) is 31.5 Å². The van der Waals surface area contributed by atoms with Crippen LogP contribution in [0.1, 0.15) is 26.3 Å². The number of carbonyl (C=O) groups is 2. The summed E-state index contributed by atoms with van der Waals surface area (Å²) in [7, 11) is 1.63. The monoisotopic (exact) mass is 292 g/mol. The first-order chi connectivity index (χ1) is 9.93. The van der Waals surface area contributed by atoms with E-state index in [4.69, 9.17) is 4.74 Å². The second kappa shape index (κ2) is 8.29. The van der Waals surface area contributed by atoms with Crippen LogP contribution in [0.15, 0.2) is 24.3 Å². The minimum atomic E-state index is -0.488. The van der Waals surface area contributed by atoms with Gasteiger partial charge in [-0.15, -0.1) is 0 Å². The molecule has 0 heterocycles. The smallest absolute Gasteiger partial charge is 0.242 e. The van der Waals surface area contributed by atoms with E-state index in [-0.39, 0.29) is 17.7 Å². The Morgan fingerprint density at radius 1 is 1.19 bits per heavy atom. The van der Waals surface area contributed by atoms with Crippen LogP contribution in [0.4, 0.5) is 0 Å². The number of benzene rings is 1. The van der Waals surface area contributed by atoms with Crippen LogP contribution in [0.2, 0.25) is 0 Å². The van der Waals surface area contributed by atoms with Crippen LogP contribution in [0, 0.1) is 5.92 Å². The van der Waals surface area contributed by atoms with Crippen LogP contribution >= 0.6 is 0 Å². The number of rotatable bonds is 7. The summed E-state index contributed by atoms with van der Waals surface area (Å²) < 4.78 is 5.10. The Labute approximate surface area is 126 Å². The van der Waals surface area contributed by atoms with Gasteiger partial charge in [0.25, 0.3) is 0 Å². The van der Waals surface area contributed by atoms with Gasteiger partial charge in [-0.25, -0.2) is 0 Å². The van der Waals surface area contributed by atoms with Crippen LogP contribution < -0.4 is 15.4 Å². The number of nitrogens with one attached hydrogen (secondary N) is 2. The molecule has 0 fully saturated rings. The zero-order valence-electron chi connectivity index (χ0n) is 13.1. The number of hydrogen-bond acceptors (Lipinski definition) is 3. The molecule has 1 atom stereocenters. The van der Waals surface area contributed by atoms with Crippen LogP contribution in [0.5, 0.6) is 5.75 Å². The first-order valence-corrected chi connectivity index (χ1v) is 7.11. The lowest BCUT2D eigenvalue weighted by atomic mass is 10.0. The SMILES string of the molecule is COc1ccc(CCNC(=O)C(NC(C)=O)C(C)C)cc1. The van der Waals surface area contributed by atoms with E-state index in [0.717, 1.165) is 17.7 Å². The van der Waals surface area contributed by atoms with Gasteiger partial charge in [-0.3, -0.25) is 9.59 Å². The molecular weight excluding hydrogens is 268 g/mol. The maximum atomic E-state index is 12.1. The lowest BCUT2D eigenvalue weighted by molar-refractivity contribution is -0.129. The molecule has 0 saturated carbocycles. The van der Waals surface area contributed by atoms with Crippen molar-refractivity contribution in [2.24, 2.45) is 5.92 Å². The Bertz CT molecular complexity index is 469. The van der Waals surface area contributed by atoms with E-state index in [9.17, 15) is 9.59 Å². The zero-order valence-corrected chi connectivity index (χ0v) is 13.1. The van der Waals surface area contributed by atoms with Crippen molar-refractivity contribution in [2.45, 2.75) is 33.2 Å². The van der Waals surface area contributed by atoms with Gasteiger partial charge in [0.05, 0.1) is 7.11 Å². The Morgan fingerprint density at radius 2 is 1.81 bits per heavy atom. The topological polar surface area (TPSA) is 67.4 Å². The van der Waals surface area contributed by atoms with Crippen LogP contribution in [-0.2, 0) is 16.0 Å². The third-order valence-corrected chi connectivity index (χ3v) is 3.18. The summed E-state index contributed by atoms with van der Waals surface area (Å²) in [5.74, 6) is 0.524. The molecule has 0 saturated heterocycles. The van der Waals surface area contributed by atoms with Gasteiger partial charge in [0, 0.05) is 13.5 Å². The molecule has 116 valence electrons. The van der Waals surface area contributed by atoms with Gasteiger partial charge >= 0.3 is 0 Å². The lowest BCUT2D eigenvalue weighted by Crippen LogP contribution is -2.49. The molecule has 5 nitrogen and oxygen atoms in total. The van der Waals surface area contributed by atoms with E-state index >= 15 is 0 Å². The molecule has 1 aromatic carbocycles. The molecule has 0 aliphatic rings. The van der Waals surface area contributed by atoms with E-state index in [2.05, 4.69) is 10.6 Å². The van der Waals surface area contributed by atoms with Gasteiger partial charge in [0.2, 0.25) is 11.8 Å². The molecule has 1 unspecified atom stereocenters. The summed E-state index contributed by atoms with van der Waals surface area (Å²) in [4.78, 5) is 23.2. The number of amides is 2. The number of methoxy groups -OCH3 is 1. The molecule has 0 aliphatic heterocycles.